The van der Waals surface area contributed by atoms with Crippen molar-refractivity contribution in [2.75, 3.05) is 0 Å². The van der Waals surface area contributed by atoms with Crippen LogP contribution in [-0.2, 0) is 16.0 Å². The number of phenols is 1. The number of benzene rings is 2. The molecule has 108 valence electrons. The van der Waals surface area contributed by atoms with E-state index in [1.54, 1.807) is 24.3 Å². The van der Waals surface area contributed by atoms with E-state index in [0.29, 0.717) is 5.56 Å². The Balaban J connectivity index is 0.00000242. The zero-order valence-electron chi connectivity index (χ0n) is 12.2. The molecule has 2 aromatic rings. The average molecular weight is 307 g/mol. The fraction of sp³-hybridized carbons (Fsp3) is 0.125. The number of amides is 1. The summed E-state index contributed by atoms with van der Waals surface area (Å²) in [5.74, 6) is -1.79. The van der Waals surface area contributed by atoms with E-state index in [1.165, 1.54) is 24.3 Å². The van der Waals surface area contributed by atoms with Crippen molar-refractivity contribution in [2.24, 2.45) is 0 Å². The second kappa shape index (κ2) is 8.58. The monoisotopic (exact) mass is 307 g/mol. The standard InChI is InChI=1S/C16H15NO4.Na/c18-13-8-6-12(7-9-13)15(16(20)21)17-14(19)10-11-4-2-1-3-5-11;/h1-9,15,18H,10H2,(H,17,19)(H,20,21);/q;+1/p-1. The second-order valence-electron chi connectivity index (χ2n) is 4.57. The number of carbonyl (C=O) groups is 2. The fourth-order valence-electron chi connectivity index (χ4n) is 1.94. The first-order valence-corrected chi connectivity index (χ1v) is 6.39. The number of rotatable bonds is 5. The third kappa shape index (κ3) is 5.18. The third-order valence-corrected chi connectivity index (χ3v) is 2.97. The van der Waals surface area contributed by atoms with Gasteiger partial charge in [0.15, 0.2) is 0 Å². The topological polar surface area (TPSA) is 89.5 Å². The van der Waals surface area contributed by atoms with Gasteiger partial charge in [0.2, 0.25) is 5.91 Å². The smallest absolute Gasteiger partial charge is 0.548 e. The molecule has 2 N–H and O–H groups in total. The third-order valence-electron chi connectivity index (χ3n) is 2.97. The van der Waals surface area contributed by atoms with E-state index < -0.39 is 17.9 Å². The molecule has 0 aliphatic heterocycles. The second-order valence-corrected chi connectivity index (χ2v) is 4.57. The van der Waals surface area contributed by atoms with Crippen LogP contribution in [0.4, 0.5) is 0 Å². The summed E-state index contributed by atoms with van der Waals surface area (Å²) in [4.78, 5) is 23.1. The van der Waals surface area contributed by atoms with E-state index in [1.807, 2.05) is 6.07 Å². The van der Waals surface area contributed by atoms with Crippen molar-refractivity contribution in [3.8, 4) is 5.75 Å². The van der Waals surface area contributed by atoms with Crippen molar-refractivity contribution in [1.29, 1.82) is 0 Å². The molecule has 0 aliphatic carbocycles. The molecule has 1 amide bonds. The molecule has 0 saturated heterocycles. The first-order valence-electron chi connectivity index (χ1n) is 6.39. The van der Waals surface area contributed by atoms with Crippen LogP contribution < -0.4 is 40.0 Å². The van der Waals surface area contributed by atoms with Gasteiger partial charge in [0, 0.05) is 0 Å². The minimum absolute atomic E-state index is 0. The molecule has 6 heteroatoms. The molecule has 0 heterocycles. The predicted octanol–water partition coefficient (Wildman–Crippen LogP) is -2.45. The van der Waals surface area contributed by atoms with Gasteiger partial charge in [-0.1, -0.05) is 42.5 Å². The van der Waals surface area contributed by atoms with Gasteiger partial charge < -0.3 is 20.3 Å². The number of carboxylic acid groups (broad SMARTS) is 1. The number of aliphatic carboxylic acids is 1. The average Bonchev–Trinajstić information content (AvgIpc) is 2.47. The van der Waals surface area contributed by atoms with Crippen LogP contribution in [0.15, 0.2) is 54.6 Å². The summed E-state index contributed by atoms with van der Waals surface area (Å²) in [5, 5.41) is 22.8. The van der Waals surface area contributed by atoms with Crippen molar-refractivity contribution < 1.29 is 49.4 Å². The van der Waals surface area contributed by atoms with Gasteiger partial charge in [0.1, 0.15) is 5.75 Å². The molecule has 2 aromatic carbocycles. The molecule has 2 rings (SSSR count). The van der Waals surface area contributed by atoms with Gasteiger partial charge in [-0.15, -0.1) is 0 Å². The molecule has 0 radical (unpaired) electrons. The maximum Gasteiger partial charge on any atom is 1.00 e. The Kier molecular flexibility index (Phi) is 7.11. The van der Waals surface area contributed by atoms with Crippen molar-refractivity contribution in [3.63, 3.8) is 0 Å². The quantitative estimate of drug-likeness (QED) is 0.600. The SMILES string of the molecule is O=C(Cc1ccccc1)NC(C(=O)[O-])c1ccc(O)cc1.[Na+]. The van der Waals surface area contributed by atoms with Crippen molar-refractivity contribution >= 4 is 11.9 Å². The van der Waals surface area contributed by atoms with Crippen LogP contribution in [0.25, 0.3) is 0 Å². The van der Waals surface area contributed by atoms with Crippen LogP contribution in [0, 0.1) is 0 Å². The van der Waals surface area contributed by atoms with Crippen LogP contribution in [-0.4, -0.2) is 17.0 Å². The van der Waals surface area contributed by atoms with E-state index in [-0.39, 0.29) is 41.7 Å². The number of hydrogen-bond acceptors (Lipinski definition) is 4. The summed E-state index contributed by atoms with van der Waals surface area (Å²) < 4.78 is 0. The maximum atomic E-state index is 11.9. The van der Waals surface area contributed by atoms with Crippen molar-refractivity contribution in [1.82, 2.24) is 5.32 Å². The Bertz CT molecular complexity index is 628. The van der Waals surface area contributed by atoms with E-state index in [4.69, 9.17) is 0 Å². The normalized spacial score (nSPS) is 11.1. The fourth-order valence-corrected chi connectivity index (χ4v) is 1.94. The van der Waals surface area contributed by atoms with Gasteiger partial charge in [0.05, 0.1) is 18.4 Å². The van der Waals surface area contributed by atoms with Gasteiger partial charge in [-0.05, 0) is 23.3 Å². The molecule has 22 heavy (non-hydrogen) atoms. The number of phenolic OH excluding ortho intramolecular Hbond substituents is 1. The molecule has 0 aromatic heterocycles. The zero-order chi connectivity index (χ0) is 15.2. The number of nitrogens with one attached hydrogen (secondary N) is 1. The van der Waals surface area contributed by atoms with Crippen molar-refractivity contribution in [2.45, 2.75) is 12.5 Å². The molecule has 1 atom stereocenters. The van der Waals surface area contributed by atoms with E-state index in [2.05, 4.69) is 5.32 Å². The Hall–Kier alpha value is -1.82. The molecular weight excluding hydrogens is 293 g/mol. The summed E-state index contributed by atoms with van der Waals surface area (Å²) in [5.41, 5.74) is 1.13. The van der Waals surface area contributed by atoms with Crippen LogP contribution in [0.3, 0.4) is 0 Å². The van der Waals surface area contributed by atoms with Gasteiger partial charge in [-0.3, -0.25) is 4.79 Å². The maximum absolute atomic E-state index is 11.9. The van der Waals surface area contributed by atoms with Crippen LogP contribution in [0.1, 0.15) is 17.2 Å². The van der Waals surface area contributed by atoms with E-state index >= 15 is 0 Å². The first kappa shape index (κ1) is 18.2. The van der Waals surface area contributed by atoms with E-state index in [9.17, 15) is 19.8 Å². The van der Waals surface area contributed by atoms with Gasteiger partial charge in [-0.25, -0.2) is 0 Å². The molecule has 0 bridgehead atoms. The summed E-state index contributed by atoms with van der Waals surface area (Å²) in [7, 11) is 0. The molecule has 0 spiro atoms. The van der Waals surface area contributed by atoms with Gasteiger partial charge in [-0.2, -0.15) is 0 Å². The summed E-state index contributed by atoms with van der Waals surface area (Å²) in [6.07, 6.45) is 0.0860. The van der Waals surface area contributed by atoms with Gasteiger partial charge >= 0.3 is 29.6 Å². The van der Waals surface area contributed by atoms with Gasteiger partial charge in [0.25, 0.3) is 0 Å². The molecule has 5 nitrogen and oxygen atoms in total. The Morgan fingerprint density at radius 2 is 1.64 bits per heavy atom. The molecule has 0 saturated carbocycles. The minimum atomic E-state index is -1.40. The van der Waals surface area contributed by atoms with Crippen molar-refractivity contribution in [3.05, 3.63) is 65.7 Å². The summed E-state index contributed by atoms with van der Waals surface area (Å²) in [6.45, 7) is 0. The largest absolute Gasteiger partial charge is 1.00 e. The Labute approximate surface area is 150 Å². The van der Waals surface area contributed by atoms with Crippen LogP contribution in [0.2, 0.25) is 0 Å². The zero-order valence-corrected chi connectivity index (χ0v) is 14.2. The molecule has 0 fully saturated rings. The summed E-state index contributed by atoms with van der Waals surface area (Å²) >= 11 is 0. The Morgan fingerprint density at radius 3 is 2.18 bits per heavy atom. The minimum Gasteiger partial charge on any atom is -0.548 e. The molecular formula is C16H14NNaO4. The number of carbonyl (C=O) groups excluding carboxylic acids is 2. The molecule has 0 aliphatic rings. The first-order chi connectivity index (χ1) is 10.1. The predicted molar refractivity (Wildman–Crippen MR) is 74.1 cm³/mol. The van der Waals surface area contributed by atoms with E-state index in [0.717, 1.165) is 5.56 Å². The number of aromatic hydroxyl groups is 1. The Morgan fingerprint density at radius 1 is 1.05 bits per heavy atom. The van der Waals surface area contributed by atoms with Crippen LogP contribution >= 0.6 is 0 Å². The summed E-state index contributed by atoms with van der Waals surface area (Å²) in [6, 6.07) is 13.3. The number of hydrogen-bond donors (Lipinski definition) is 2. The van der Waals surface area contributed by atoms with Crippen LogP contribution in [0.5, 0.6) is 5.75 Å². The molecule has 1 unspecified atom stereocenters. The number of carboxylic acids is 1.